The zero-order chi connectivity index (χ0) is 16.9. The summed E-state index contributed by atoms with van der Waals surface area (Å²) in [4.78, 5) is 13.0. The third kappa shape index (κ3) is 2.75. The smallest absolute Gasteiger partial charge is 0.226 e. The Kier molecular flexibility index (Phi) is 3.91. The van der Waals surface area contributed by atoms with Gasteiger partial charge in [0.05, 0.1) is 12.1 Å². The number of hydrogen-bond donors (Lipinski definition) is 2. The van der Waals surface area contributed by atoms with Crippen molar-refractivity contribution in [2.75, 3.05) is 0 Å². The Balaban J connectivity index is 1.45. The van der Waals surface area contributed by atoms with E-state index < -0.39 is 6.10 Å². The number of hydrogen-bond acceptors (Lipinski definition) is 2. The minimum atomic E-state index is -0.816. The summed E-state index contributed by atoms with van der Waals surface area (Å²) in [5.74, 6) is 1.96. The van der Waals surface area contributed by atoms with E-state index in [1.807, 2.05) is 6.92 Å². The summed E-state index contributed by atoms with van der Waals surface area (Å²) >= 11 is 0. The molecule has 5 rings (SSSR count). The Morgan fingerprint density at radius 1 is 1.12 bits per heavy atom. The van der Waals surface area contributed by atoms with Gasteiger partial charge in [0.2, 0.25) is 5.91 Å². The Morgan fingerprint density at radius 3 is 2.12 bits per heavy atom. The molecule has 130 valence electrons. The standard InChI is InChI=1S/C20H26FNO2/c1-12(18(23)16-2-4-17(21)5-3-16)22-19(24)20-9-13-6-14(10-20)8-15(7-13)11-20/h2-5,12-15,18,23H,6-11H2,1H3,(H,22,24). The monoisotopic (exact) mass is 331 g/mol. The van der Waals surface area contributed by atoms with Crippen molar-refractivity contribution in [3.63, 3.8) is 0 Å². The van der Waals surface area contributed by atoms with E-state index in [0.717, 1.165) is 37.0 Å². The van der Waals surface area contributed by atoms with Crippen molar-refractivity contribution in [1.82, 2.24) is 5.32 Å². The van der Waals surface area contributed by atoms with E-state index in [-0.39, 0.29) is 23.2 Å². The lowest BCUT2D eigenvalue weighted by Crippen LogP contribution is -2.55. The first-order chi connectivity index (χ1) is 11.4. The first-order valence-corrected chi connectivity index (χ1v) is 9.20. The summed E-state index contributed by atoms with van der Waals surface area (Å²) in [7, 11) is 0. The average molecular weight is 331 g/mol. The molecule has 0 heterocycles. The van der Waals surface area contributed by atoms with Gasteiger partial charge in [-0.1, -0.05) is 12.1 Å². The summed E-state index contributed by atoms with van der Waals surface area (Å²) in [5.41, 5.74) is 0.431. The Morgan fingerprint density at radius 2 is 1.62 bits per heavy atom. The maximum atomic E-state index is 13.0. The van der Waals surface area contributed by atoms with Gasteiger partial charge in [-0.3, -0.25) is 4.79 Å². The fraction of sp³-hybridized carbons (Fsp3) is 0.650. The molecule has 0 saturated heterocycles. The Bertz CT molecular complexity index is 592. The van der Waals surface area contributed by atoms with Crippen LogP contribution in [0.2, 0.25) is 0 Å². The SMILES string of the molecule is CC(NC(=O)C12CC3CC(CC(C3)C1)C2)C(O)c1ccc(F)cc1. The maximum absolute atomic E-state index is 13.0. The van der Waals surface area contributed by atoms with Gasteiger partial charge in [-0.05, 0) is 80.9 Å². The van der Waals surface area contributed by atoms with Crippen molar-refractivity contribution >= 4 is 5.91 Å². The minimum absolute atomic E-state index is 0.121. The van der Waals surface area contributed by atoms with E-state index in [2.05, 4.69) is 5.32 Å². The molecule has 2 atom stereocenters. The molecule has 4 bridgehead atoms. The zero-order valence-electron chi connectivity index (χ0n) is 14.2. The number of carbonyl (C=O) groups is 1. The lowest BCUT2D eigenvalue weighted by molar-refractivity contribution is -0.147. The van der Waals surface area contributed by atoms with Crippen molar-refractivity contribution in [3.8, 4) is 0 Å². The van der Waals surface area contributed by atoms with Gasteiger partial charge >= 0.3 is 0 Å². The molecule has 2 N–H and O–H groups in total. The number of aliphatic hydroxyl groups excluding tert-OH is 1. The molecule has 4 saturated carbocycles. The molecular weight excluding hydrogens is 305 g/mol. The van der Waals surface area contributed by atoms with E-state index in [4.69, 9.17) is 0 Å². The van der Waals surface area contributed by atoms with Gasteiger partial charge in [0.1, 0.15) is 5.82 Å². The van der Waals surface area contributed by atoms with Gasteiger partial charge in [-0.15, -0.1) is 0 Å². The third-order valence-corrected chi connectivity index (χ3v) is 6.56. The van der Waals surface area contributed by atoms with Crippen molar-refractivity contribution in [2.45, 2.75) is 57.6 Å². The second-order valence-corrected chi connectivity index (χ2v) is 8.46. The highest BCUT2D eigenvalue weighted by atomic mass is 19.1. The molecule has 0 aliphatic heterocycles. The Labute approximate surface area is 142 Å². The van der Waals surface area contributed by atoms with Crippen LogP contribution in [0.25, 0.3) is 0 Å². The van der Waals surface area contributed by atoms with Crippen LogP contribution in [0, 0.1) is 29.0 Å². The third-order valence-electron chi connectivity index (χ3n) is 6.56. The van der Waals surface area contributed by atoms with Crippen LogP contribution in [0.5, 0.6) is 0 Å². The fourth-order valence-electron chi connectivity index (χ4n) is 5.78. The van der Waals surface area contributed by atoms with Crippen molar-refractivity contribution in [2.24, 2.45) is 23.2 Å². The highest BCUT2D eigenvalue weighted by molar-refractivity contribution is 5.83. The molecule has 4 aliphatic carbocycles. The summed E-state index contributed by atoms with van der Waals surface area (Å²) in [5, 5.41) is 13.5. The molecular formula is C20H26FNO2. The molecule has 4 aliphatic rings. The number of aliphatic hydroxyl groups is 1. The van der Waals surface area contributed by atoms with Crippen LogP contribution in [0.4, 0.5) is 4.39 Å². The highest BCUT2D eigenvalue weighted by Crippen LogP contribution is 2.60. The van der Waals surface area contributed by atoms with Gasteiger partial charge in [0.25, 0.3) is 0 Å². The number of rotatable bonds is 4. The van der Waals surface area contributed by atoms with Crippen LogP contribution in [-0.2, 0) is 4.79 Å². The van der Waals surface area contributed by atoms with E-state index >= 15 is 0 Å². The number of carbonyl (C=O) groups excluding carboxylic acids is 1. The van der Waals surface area contributed by atoms with Gasteiger partial charge < -0.3 is 10.4 Å². The second-order valence-electron chi connectivity index (χ2n) is 8.46. The quantitative estimate of drug-likeness (QED) is 0.886. The molecule has 1 aromatic rings. The summed E-state index contributed by atoms with van der Waals surface area (Å²) in [6, 6.07) is 5.45. The molecule has 3 nitrogen and oxygen atoms in total. The number of amides is 1. The van der Waals surface area contributed by atoms with Crippen molar-refractivity contribution in [1.29, 1.82) is 0 Å². The van der Waals surface area contributed by atoms with Gasteiger partial charge in [-0.25, -0.2) is 4.39 Å². The lowest BCUT2D eigenvalue weighted by atomic mass is 9.49. The van der Waals surface area contributed by atoms with Gasteiger partial charge in [0.15, 0.2) is 0 Å². The van der Waals surface area contributed by atoms with Crippen LogP contribution in [0.1, 0.15) is 57.1 Å². The summed E-state index contributed by atoms with van der Waals surface area (Å²) in [6.45, 7) is 1.83. The molecule has 1 aromatic carbocycles. The Hall–Kier alpha value is -1.42. The fourth-order valence-corrected chi connectivity index (χ4v) is 5.78. The van der Waals surface area contributed by atoms with E-state index in [0.29, 0.717) is 5.56 Å². The van der Waals surface area contributed by atoms with Crippen LogP contribution >= 0.6 is 0 Å². The lowest BCUT2D eigenvalue weighted by Gasteiger charge is -2.55. The first kappa shape index (κ1) is 16.1. The second kappa shape index (κ2) is 5.83. The van der Waals surface area contributed by atoms with Gasteiger partial charge in [0, 0.05) is 5.41 Å². The predicted octanol–water partition coefficient (Wildman–Crippen LogP) is 3.58. The van der Waals surface area contributed by atoms with Crippen LogP contribution in [-0.4, -0.2) is 17.1 Å². The molecule has 1 amide bonds. The summed E-state index contributed by atoms with van der Waals surface area (Å²) in [6.07, 6.45) is 6.16. The van der Waals surface area contributed by atoms with Gasteiger partial charge in [-0.2, -0.15) is 0 Å². The molecule has 0 aromatic heterocycles. The molecule has 4 heteroatoms. The topological polar surface area (TPSA) is 49.3 Å². The summed E-state index contributed by atoms with van der Waals surface area (Å²) < 4.78 is 13.0. The van der Waals surface area contributed by atoms with E-state index in [1.54, 1.807) is 12.1 Å². The van der Waals surface area contributed by atoms with Crippen LogP contribution in [0.3, 0.4) is 0 Å². The van der Waals surface area contributed by atoms with E-state index in [1.165, 1.54) is 31.4 Å². The van der Waals surface area contributed by atoms with Crippen molar-refractivity contribution < 1.29 is 14.3 Å². The number of halogens is 1. The zero-order valence-corrected chi connectivity index (χ0v) is 14.2. The maximum Gasteiger partial charge on any atom is 0.226 e. The van der Waals surface area contributed by atoms with E-state index in [9.17, 15) is 14.3 Å². The highest BCUT2D eigenvalue weighted by Gasteiger charge is 2.54. The average Bonchev–Trinajstić information content (AvgIpc) is 2.53. The van der Waals surface area contributed by atoms with Crippen LogP contribution < -0.4 is 5.32 Å². The number of benzene rings is 1. The predicted molar refractivity (Wildman–Crippen MR) is 89.6 cm³/mol. The molecule has 4 fully saturated rings. The molecule has 0 radical (unpaired) electrons. The largest absolute Gasteiger partial charge is 0.386 e. The normalized spacial score (nSPS) is 36.4. The number of nitrogens with one attached hydrogen (secondary N) is 1. The first-order valence-electron chi connectivity index (χ1n) is 9.20. The minimum Gasteiger partial charge on any atom is -0.386 e. The van der Waals surface area contributed by atoms with Crippen LogP contribution in [0.15, 0.2) is 24.3 Å². The molecule has 2 unspecified atom stereocenters. The molecule has 24 heavy (non-hydrogen) atoms. The molecule has 0 spiro atoms. The van der Waals surface area contributed by atoms with Crippen molar-refractivity contribution in [3.05, 3.63) is 35.6 Å².